The lowest BCUT2D eigenvalue weighted by Gasteiger charge is -2.31. The van der Waals surface area contributed by atoms with Crippen molar-refractivity contribution in [1.29, 1.82) is 0 Å². The van der Waals surface area contributed by atoms with Crippen LogP contribution in [0.4, 0.5) is 0 Å². The molecule has 1 unspecified atom stereocenters. The molecule has 0 aliphatic rings. The maximum absolute atomic E-state index is 9.16. The quantitative estimate of drug-likeness (QED) is 0.843. The lowest BCUT2D eigenvalue weighted by molar-refractivity contribution is 0.196. The van der Waals surface area contributed by atoms with E-state index in [0.29, 0.717) is 11.6 Å². The van der Waals surface area contributed by atoms with Crippen molar-refractivity contribution in [3.63, 3.8) is 0 Å². The van der Waals surface area contributed by atoms with Gasteiger partial charge < -0.3 is 15.2 Å². The van der Waals surface area contributed by atoms with Crippen LogP contribution >= 0.6 is 11.6 Å². The van der Waals surface area contributed by atoms with Gasteiger partial charge in [0.15, 0.2) is 0 Å². The summed E-state index contributed by atoms with van der Waals surface area (Å²) >= 11 is 6.21. The number of benzene rings is 1. The molecule has 0 fully saturated rings. The number of ether oxygens (including phenoxy) is 1. The van der Waals surface area contributed by atoms with Gasteiger partial charge in [0.1, 0.15) is 5.75 Å². The lowest BCUT2D eigenvalue weighted by Crippen LogP contribution is -2.40. The number of aliphatic hydroxyl groups is 1. The van der Waals surface area contributed by atoms with Crippen LogP contribution in [0.15, 0.2) is 18.2 Å². The first-order chi connectivity index (χ1) is 8.90. The Bertz CT molecular complexity index is 402. The van der Waals surface area contributed by atoms with Gasteiger partial charge in [0.25, 0.3) is 0 Å². The highest BCUT2D eigenvalue weighted by molar-refractivity contribution is 6.31. The second-order valence-corrected chi connectivity index (χ2v) is 6.14. The molecule has 0 saturated heterocycles. The minimum Gasteiger partial charge on any atom is -0.496 e. The first-order valence-electron chi connectivity index (χ1n) is 6.55. The van der Waals surface area contributed by atoms with Gasteiger partial charge in [-0.2, -0.15) is 0 Å². The standard InChI is InChI=1S/C15H24ClNO2/c1-15(2,3)14(8-9-18)17-10-11-12(16)6-5-7-13(11)19-4/h5-7,14,17-18H,8-10H2,1-4H3. The van der Waals surface area contributed by atoms with Crippen molar-refractivity contribution < 1.29 is 9.84 Å². The summed E-state index contributed by atoms with van der Waals surface area (Å²) in [5.74, 6) is 0.789. The molecule has 0 amide bonds. The van der Waals surface area contributed by atoms with E-state index in [2.05, 4.69) is 26.1 Å². The van der Waals surface area contributed by atoms with Gasteiger partial charge in [-0.25, -0.2) is 0 Å². The maximum atomic E-state index is 9.16. The predicted octanol–water partition coefficient (Wildman–Crippen LogP) is 3.24. The smallest absolute Gasteiger partial charge is 0.124 e. The number of aliphatic hydroxyl groups excluding tert-OH is 1. The number of hydrogen-bond donors (Lipinski definition) is 2. The van der Waals surface area contributed by atoms with Gasteiger partial charge in [-0.3, -0.25) is 0 Å². The molecular weight excluding hydrogens is 262 g/mol. The van der Waals surface area contributed by atoms with Gasteiger partial charge in [0.05, 0.1) is 7.11 Å². The second kappa shape index (κ2) is 7.13. The Balaban J connectivity index is 2.80. The van der Waals surface area contributed by atoms with E-state index >= 15 is 0 Å². The fourth-order valence-corrected chi connectivity index (χ4v) is 2.33. The van der Waals surface area contributed by atoms with Crippen molar-refractivity contribution in [3.8, 4) is 5.75 Å². The Morgan fingerprint density at radius 2 is 2.05 bits per heavy atom. The molecule has 0 bridgehead atoms. The van der Waals surface area contributed by atoms with Crippen LogP contribution in [0.2, 0.25) is 5.02 Å². The maximum Gasteiger partial charge on any atom is 0.124 e. The predicted molar refractivity (Wildman–Crippen MR) is 79.8 cm³/mol. The molecule has 3 nitrogen and oxygen atoms in total. The van der Waals surface area contributed by atoms with Gasteiger partial charge in [-0.05, 0) is 24.0 Å². The molecule has 0 saturated carbocycles. The van der Waals surface area contributed by atoms with Crippen LogP contribution in [0, 0.1) is 5.41 Å². The van der Waals surface area contributed by atoms with Crippen molar-refractivity contribution in [2.75, 3.05) is 13.7 Å². The Kier molecular flexibility index (Phi) is 6.11. The normalized spacial score (nSPS) is 13.4. The molecule has 0 spiro atoms. The third-order valence-electron chi connectivity index (χ3n) is 3.28. The highest BCUT2D eigenvalue weighted by Crippen LogP contribution is 2.28. The van der Waals surface area contributed by atoms with Gasteiger partial charge in [-0.1, -0.05) is 38.4 Å². The van der Waals surface area contributed by atoms with Crippen LogP contribution in [0.3, 0.4) is 0 Å². The lowest BCUT2D eigenvalue weighted by atomic mass is 9.85. The van der Waals surface area contributed by atoms with E-state index in [4.69, 9.17) is 21.4 Å². The molecule has 1 atom stereocenters. The Morgan fingerprint density at radius 1 is 1.37 bits per heavy atom. The summed E-state index contributed by atoms with van der Waals surface area (Å²) in [6.45, 7) is 7.28. The fraction of sp³-hybridized carbons (Fsp3) is 0.600. The van der Waals surface area contributed by atoms with E-state index in [9.17, 15) is 0 Å². The zero-order valence-electron chi connectivity index (χ0n) is 12.2. The molecule has 4 heteroatoms. The Morgan fingerprint density at radius 3 is 2.58 bits per heavy atom. The minimum atomic E-state index is 0.0806. The number of methoxy groups -OCH3 is 1. The number of halogens is 1. The first kappa shape index (κ1) is 16.3. The number of rotatable bonds is 6. The molecule has 0 heterocycles. The van der Waals surface area contributed by atoms with Crippen molar-refractivity contribution >= 4 is 11.6 Å². The van der Waals surface area contributed by atoms with Crippen LogP contribution in [0.25, 0.3) is 0 Å². The molecule has 0 radical (unpaired) electrons. The monoisotopic (exact) mass is 285 g/mol. The minimum absolute atomic E-state index is 0.0806. The van der Waals surface area contributed by atoms with Crippen molar-refractivity contribution in [1.82, 2.24) is 5.32 Å². The van der Waals surface area contributed by atoms with Gasteiger partial charge >= 0.3 is 0 Å². The summed E-state index contributed by atoms with van der Waals surface area (Å²) in [5, 5.41) is 13.3. The van der Waals surface area contributed by atoms with E-state index in [-0.39, 0.29) is 18.1 Å². The molecule has 108 valence electrons. The summed E-state index contributed by atoms with van der Waals surface area (Å²) in [5.41, 5.74) is 1.04. The molecule has 0 aromatic heterocycles. The van der Waals surface area contributed by atoms with Crippen molar-refractivity contribution in [2.45, 2.75) is 39.8 Å². The molecule has 19 heavy (non-hydrogen) atoms. The molecule has 1 rings (SSSR count). The number of nitrogens with one attached hydrogen (secondary N) is 1. The summed E-state index contributed by atoms with van der Waals surface area (Å²) in [6.07, 6.45) is 0.719. The molecule has 1 aromatic rings. The Hall–Kier alpha value is -0.770. The highest BCUT2D eigenvalue weighted by Gasteiger charge is 2.24. The van der Waals surface area contributed by atoms with E-state index in [1.807, 2.05) is 18.2 Å². The van der Waals surface area contributed by atoms with Gasteiger partial charge in [-0.15, -0.1) is 0 Å². The first-order valence-corrected chi connectivity index (χ1v) is 6.93. The SMILES string of the molecule is COc1cccc(Cl)c1CNC(CCO)C(C)(C)C. The van der Waals surface area contributed by atoms with Gasteiger partial charge in [0.2, 0.25) is 0 Å². The topological polar surface area (TPSA) is 41.5 Å². The summed E-state index contributed by atoms with van der Waals surface area (Å²) in [6, 6.07) is 5.86. The summed E-state index contributed by atoms with van der Waals surface area (Å²) < 4.78 is 5.33. The average Bonchev–Trinajstić information content (AvgIpc) is 2.34. The van der Waals surface area contributed by atoms with Crippen LogP contribution in [0.5, 0.6) is 5.75 Å². The molecule has 0 aliphatic carbocycles. The second-order valence-electron chi connectivity index (χ2n) is 5.73. The molecule has 1 aromatic carbocycles. The third kappa shape index (κ3) is 4.68. The zero-order chi connectivity index (χ0) is 14.5. The average molecular weight is 286 g/mol. The van der Waals surface area contributed by atoms with Crippen LogP contribution < -0.4 is 10.1 Å². The third-order valence-corrected chi connectivity index (χ3v) is 3.64. The fourth-order valence-electron chi connectivity index (χ4n) is 2.10. The van der Waals surface area contributed by atoms with Crippen molar-refractivity contribution in [2.24, 2.45) is 5.41 Å². The van der Waals surface area contributed by atoms with E-state index in [0.717, 1.165) is 17.7 Å². The van der Waals surface area contributed by atoms with E-state index in [1.54, 1.807) is 7.11 Å². The molecule has 0 aliphatic heterocycles. The van der Waals surface area contributed by atoms with Crippen molar-refractivity contribution in [3.05, 3.63) is 28.8 Å². The molecule has 2 N–H and O–H groups in total. The van der Waals surface area contributed by atoms with Crippen LogP contribution in [0.1, 0.15) is 32.8 Å². The van der Waals surface area contributed by atoms with E-state index < -0.39 is 0 Å². The van der Waals surface area contributed by atoms with Crippen LogP contribution in [-0.2, 0) is 6.54 Å². The summed E-state index contributed by atoms with van der Waals surface area (Å²) in [7, 11) is 1.64. The number of hydrogen-bond acceptors (Lipinski definition) is 3. The largest absolute Gasteiger partial charge is 0.496 e. The van der Waals surface area contributed by atoms with Gasteiger partial charge in [0, 0.05) is 29.8 Å². The summed E-state index contributed by atoms with van der Waals surface area (Å²) in [4.78, 5) is 0. The van der Waals surface area contributed by atoms with E-state index in [1.165, 1.54) is 0 Å². The Labute approximate surface area is 120 Å². The van der Waals surface area contributed by atoms with Crippen LogP contribution in [-0.4, -0.2) is 24.9 Å². The molecular formula is C15H24ClNO2. The zero-order valence-corrected chi connectivity index (χ0v) is 12.9. The highest BCUT2D eigenvalue weighted by atomic mass is 35.5.